The largest absolute Gasteiger partial charge is 0.383 e. The summed E-state index contributed by atoms with van der Waals surface area (Å²) in [6.07, 6.45) is 2.17. The van der Waals surface area contributed by atoms with Crippen LogP contribution in [-0.2, 0) is 11.2 Å². The Kier molecular flexibility index (Phi) is 4.33. The molecule has 0 aliphatic rings. The van der Waals surface area contributed by atoms with Crippen LogP contribution < -0.4 is 5.32 Å². The first-order valence-electron chi connectivity index (χ1n) is 3.88. The number of nitrogens with one attached hydrogen (secondary N) is 1. The molecule has 0 amide bonds. The van der Waals surface area contributed by atoms with Crippen LogP contribution in [0.15, 0.2) is 10.9 Å². The van der Waals surface area contributed by atoms with Crippen molar-refractivity contribution in [3.63, 3.8) is 0 Å². The summed E-state index contributed by atoms with van der Waals surface area (Å²) in [4.78, 5) is 3.89. The molecule has 0 aliphatic heterocycles. The zero-order valence-electron chi connectivity index (χ0n) is 7.12. The molecule has 12 heavy (non-hydrogen) atoms. The van der Waals surface area contributed by atoms with Gasteiger partial charge in [0, 0.05) is 26.6 Å². The van der Waals surface area contributed by atoms with Gasteiger partial charge < -0.3 is 14.6 Å². The lowest BCUT2D eigenvalue weighted by Gasteiger charge is -2.00. The average molecular weight is 171 g/mol. The molecule has 0 aliphatic carbocycles. The minimum Gasteiger partial charge on any atom is -0.383 e. The standard InChI is InChI=1S/C7H13N3O2/c1-11-5-4-8-3-2-7-9-6-10-12-7/h6,8H,2-5H2,1H3. The van der Waals surface area contributed by atoms with Gasteiger partial charge in [-0.3, -0.25) is 0 Å². The quantitative estimate of drug-likeness (QED) is 0.603. The third-order valence-corrected chi connectivity index (χ3v) is 1.41. The van der Waals surface area contributed by atoms with Crippen LogP contribution in [0.2, 0.25) is 0 Å². The second kappa shape index (κ2) is 5.68. The number of hydrogen-bond acceptors (Lipinski definition) is 5. The molecule has 0 spiro atoms. The average Bonchev–Trinajstić information content (AvgIpc) is 2.57. The summed E-state index contributed by atoms with van der Waals surface area (Å²) < 4.78 is 9.67. The van der Waals surface area contributed by atoms with Gasteiger partial charge in [0.05, 0.1) is 6.61 Å². The fourth-order valence-electron chi connectivity index (χ4n) is 0.801. The lowest BCUT2D eigenvalue weighted by Crippen LogP contribution is -2.21. The number of rotatable bonds is 6. The Morgan fingerprint density at radius 1 is 1.58 bits per heavy atom. The highest BCUT2D eigenvalue weighted by Crippen LogP contribution is 1.89. The van der Waals surface area contributed by atoms with Gasteiger partial charge in [0.15, 0.2) is 6.33 Å². The smallest absolute Gasteiger partial charge is 0.227 e. The van der Waals surface area contributed by atoms with Crippen LogP contribution in [0.3, 0.4) is 0 Å². The number of methoxy groups -OCH3 is 1. The molecule has 68 valence electrons. The maximum absolute atomic E-state index is 4.87. The second-order valence-electron chi connectivity index (χ2n) is 2.33. The fourth-order valence-corrected chi connectivity index (χ4v) is 0.801. The lowest BCUT2D eigenvalue weighted by atomic mass is 10.4. The minimum absolute atomic E-state index is 0.667. The van der Waals surface area contributed by atoms with Crippen molar-refractivity contribution in [3.05, 3.63) is 12.2 Å². The summed E-state index contributed by atoms with van der Waals surface area (Å²) >= 11 is 0. The van der Waals surface area contributed by atoms with Gasteiger partial charge in [-0.25, -0.2) is 0 Å². The summed E-state index contributed by atoms with van der Waals surface area (Å²) in [6.45, 7) is 2.42. The predicted octanol–water partition coefficient (Wildman–Crippen LogP) is -0.152. The maximum atomic E-state index is 4.87. The van der Waals surface area contributed by atoms with Crippen molar-refractivity contribution < 1.29 is 9.26 Å². The highest BCUT2D eigenvalue weighted by Gasteiger charge is 1.96. The molecule has 0 radical (unpaired) electrons. The van der Waals surface area contributed by atoms with Crippen molar-refractivity contribution >= 4 is 0 Å². The molecule has 5 heteroatoms. The third-order valence-electron chi connectivity index (χ3n) is 1.41. The van der Waals surface area contributed by atoms with E-state index in [1.165, 1.54) is 6.33 Å². The zero-order chi connectivity index (χ0) is 8.65. The van der Waals surface area contributed by atoms with Gasteiger partial charge in [0.2, 0.25) is 5.89 Å². The van der Waals surface area contributed by atoms with Crippen LogP contribution in [0, 0.1) is 0 Å². The van der Waals surface area contributed by atoms with E-state index < -0.39 is 0 Å². The van der Waals surface area contributed by atoms with Crippen molar-refractivity contribution in [3.8, 4) is 0 Å². The van der Waals surface area contributed by atoms with Crippen molar-refractivity contribution in [2.24, 2.45) is 0 Å². The van der Waals surface area contributed by atoms with Gasteiger partial charge in [-0.15, -0.1) is 0 Å². The SMILES string of the molecule is COCCNCCc1ncno1. The van der Waals surface area contributed by atoms with E-state index >= 15 is 0 Å². The van der Waals surface area contributed by atoms with Crippen LogP contribution in [-0.4, -0.2) is 36.9 Å². The van der Waals surface area contributed by atoms with Crippen molar-refractivity contribution in [2.45, 2.75) is 6.42 Å². The molecule has 0 saturated heterocycles. The molecule has 1 heterocycles. The molecule has 0 aromatic carbocycles. The Morgan fingerprint density at radius 3 is 3.17 bits per heavy atom. The number of aromatic nitrogens is 2. The van der Waals surface area contributed by atoms with Crippen LogP contribution in [0.5, 0.6) is 0 Å². The fraction of sp³-hybridized carbons (Fsp3) is 0.714. The Bertz CT molecular complexity index is 189. The topological polar surface area (TPSA) is 60.2 Å². The molecule has 1 aromatic rings. The first-order chi connectivity index (χ1) is 5.93. The predicted molar refractivity (Wildman–Crippen MR) is 42.7 cm³/mol. The summed E-state index contributed by atoms with van der Waals surface area (Å²) in [5.74, 6) is 0.667. The van der Waals surface area contributed by atoms with Gasteiger partial charge >= 0.3 is 0 Å². The zero-order valence-corrected chi connectivity index (χ0v) is 7.12. The van der Waals surface area contributed by atoms with E-state index in [4.69, 9.17) is 9.26 Å². The Labute approximate surface area is 71.1 Å². The molecule has 0 fully saturated rings. The van der Waals surface area contributed by atoms with Crippen LogP contribution >= 0.6 is 0 Å². The molecule has 0 bridgehead atoms. The molecule has 1 N–H and O–H groups in total. The summed E-state index contributed by atoms with van der Waals surface area (Å²) in [7, 11) is 1.68. The van der Waals surface area contributed by atoms with E-state index in [0.29, 0.717) is 5.89 Å². The van der Waals surface area contributed by atoms with Gasteiger partial charge in [0.25, 0.3) is 0 Å². The molecule has 1 rings (SSSR count). The first-order valence-corrected chi connectivity index (χ1v) is 3.88. The lowest BCUT2D eigenvalue weighted by molar-refractivity contribution is 0.199. The molecule has 1 aromatic heterocycles. The van der Waals surface area contributed by atoms with E-state index in [9.17, 15) is 0 Å². The molecular weight excluding hydrogens is 158 g/mol. The Balaban J connectivity index is 1.96. The molecule has 0 unspecified atom stereocenters. The Morgan fingerprint density at radius 2 is 2.50 bits per heavy atom. The molecule has 0 atom stereocenters. The van der Waals surface area contributed by atoms with E-state index in [0.717, 1.165) is 26.1 Å². The monoisotopic (exact) mass is 171 g/mol. The van der Waals surface area contributed by atoms with E-state index in [1.807, 2.05) is 0 Å². The van der Waals surface area contributed by atoms with E-state index in [1.54, 1.807) is 7.11 Å². The van der Waals surface area contributed by atoms with Crippen LogP contribution in [0.4, 0.5) is 0 Å². The van der Waals surface area contributed by atoms with Crippen LogP contribution in [0.25, 0.3) is 0 Å². The number of nitrogens with zero attached hydrogens (tertiary/aromatic N) is 2. The van der Waals surface area contributed by atoms with Gasteiger partial charge in [-0.05, 0) is 0 Å². The van der Waals surface area contributed by atoms with Crippen LogP contribution in [0.1, 0.15) is 5.89 Å². The van der Waals surface area contributed by atoms with E-state index in [-0.39, 0.29) is 0 Å². The third kappa shape index (κ3) is 3.45. The molecular formula is C7H13N3O2. The molecule has 5 nitrogen and oxygen atoms in total. The normalized spacial score (nSPS) is 10.4. The Hall–Kier alpha value is -0.940. The van der Waals surface area contributed by atoms with Crippen molar-refractivity contribution in [1.82, 2.24) is 15.5 Å². The number of ether oxygens (including phenoxy) is 1. The first kappa shape index (κ1) is 9.15. The highest BCUT2D eigenvalue weighted by molar-refractivity contribution is 4.74. The minimum atomic E-state index is 0.667. The summed E-state index contributed by atoms with van der Waals surface area (Å²) in [6, 6.07) is 0. The molecule has 0 saturated carbocycles. The van der Waals surface area contributed by atoms with Gasteiger partial charge in [-0.1, -0.05) is 5.16 Å². The number of hydrogen-bond donors (Lipinski definition) is 1. The van der Waals surface area contributed by atoms with E-state index in [2.05, 4.69) is 15.5 Å². The maximum Gasteiger partial charge on any atom is 0.227 e. The van der Waals surface area contributed by atoms with Gasteiger partial charge in [-0.2, -0.15) is 4.98 Å². The van der Waals surface area contributed by atoms with Crippen molar-refractivity contribution in [1.29, 1.82) is 0 Å². The highest BCUT2D eigenvalue weighted by atomic mass is 16.5. The summed E-state index contributed by atoms with van der Waals surface area (Å²) in [5.41, 5.74) is 0. The van der Waals surface area contributed by atoms with Gasteiger partial charge in [0.1, 0.15) is 0 Å². The summed E-state index contributed by atoms with van der Waals surface area (Å²) in [5, 5.41) is 6.67. The van der Waals surface area contributed by atoms with Crippen molar-refractivity contribution in [2.75, 3.05) is 26.8 Å². The second-order valence-corrected chi connectivity index (χ2v) is 2.33.